The van der Waals surface area contributed by atoms with Crippen LogP contribution in [-0.4, -0.2) is 30.2 Å². The zero-order valence-corrected chi connectivity index (χ0v) is 21.1. The molecular formula is C30H35NO5. The maximum Gasteiger partial charge on any atom is 0.303 e. The molecule has 1 amide bonds. The number of aryl methyl sites for hydroxylation is 1. The van der Waals surface area contributed by atoms with Crippen molar-refractivity contribution in [3.8, 4) is 11.5 Å². The summed E-state index contributed by atoms with van der Waals surface area (Å²) in [6.45, 7) is 4.80. The number of carboxylic acids is 1. The molecule has 0 unspecified atom stereocenters. The summed E-state index contributed by atoms with van der Waals surface area (Å²) in [4.78, 5) is 23.7. The molecule has 3 aromatic rings. The first-order chi connectivity index (χ1) is 17.5. The van der Waals surface area contributed by atoms with E-state index in [-0.39, 0.29) is 18.9 Å². The second-order valence-electron chi connectivity index (χ2n) is 8.80. The van der Waals surface area contributed by atoms with Crippen molar-refractivity contribution in [1.82, 2.24) is 0 Å². The van der Waals surface area contributed by atoms with Crippen LogP contribution in [0.4, 0.5) is 5.69 Å². The summed E-state index contributed by atoms with van der Waals surface area (Å²) in [7, 11) is 0. The number of ether oxygens (including phenoxy) is 2. The van der Waals surface area contributed by atoms with Crippen molar-refractivity contribution in [1.29, 1.82) is 0 Å². The molecule has 0 atom stereocenters. The molecule has 0 fully saturated rings. The SMILES string of the molecule is Cc1c(OCCCCCc2ccccc2)ccc(C(=O)Nc2ccccc2OCCCC(=O)O)c1C. The molecule has 6 heteroatoms. The largest absolute Gasteiger partial charge is 0.493 e. The lowest BCUT2D eigenvalue weighted by atomic mass is 10.0. The standard InChI is InChI=1S/C30H35NO5/c1-22-23(2)27(35-20-10-4-7-14-24-12-5-3-6-13-24)19-18-25(22)30(34)31-26-15-8-9-16-28(26)36-21-11-17-29(32)33/h3,5-6,8-9,12-13,15-16,18-19H,4,7,10-11,14,17,20-21H2,1-2H3,(H,31,34)(H,32,33). The van der Waals surface area contributed by atoms with Crippen molar-refractivity contribution < 1.29 is 24.2 Å². The number of benzene rings is 3. The van der Waals surface area contributed by atoms with Gasteiger partial charge >= 0.3 is 5.97 Å². The maximum absolute atomic E-state index is 13.0. The Morgan fingerprint density at radius 3 is 2.22 bits per heavy atom. The topological polar surface area (TPSA) is 84.9 Å². The predicted octanol–water partition coefficient (Wildman–Crippen LogP) is 6.59. The minimum atomic E-state index is -0.860. The molecule has 0 aromatic heterocycles. The molecule has 0 spiro atoms. The Labute approximate surface area is 213 Å². The van der Waals surface area contributed by atoms with Gasteiger partial charge in [-0.15, -0.1) is 0 Å². The average molecular weight is 490 g/mol. The molecule has 0 saturated heterocycles. The number of nitrogens with one attached hydrogen (secondary N) is 1. The van der Waals surface area contributed by atoms with Crippen LogP contribution in [0.5, 0.6) is 11.5 Å². The fourth-order valence-corrected chi connectivity index (χ4v) is 3.92. The maximum atomic E-state index is 13.0. The molecule has 3 aromatic carbocycles. The van der Waals surface area contributed by atoms with Gasteiger partial charge in [-0.3, -0.25) is 9.59 Å². The Hall–Kier alpha value is -3.80. The van der Waals surface area contributed by atoms with Gasteiger partial charge < -0.3 is 19.9 Å². The minimum absolute atomic E-state index is 0.0368. The molecule has 0 aliphatic rings. The van der Waals surface area contributed by atoms with Gasteiger partial charge in [0.05, 0.1) is 18.9 Å². The third-order valence-electron chi connectivity index (χ3n) is 6.12. The summed E-state index contributed by atoms with van der Waals surface area (Å²) in [5, 5.41) is 11.7. The summed E-state index contributed by atoms with van der Waals surface area (Å²) >= 11 is 0. The molecular weight excluding hydrogens is 454 g/mol. The lowest BCUT2D eigenvalue weighted by molar-refractivity contribution is -0.137. The summed E-state index contributed by atoms with van der Waals surface area (Å²) in [5.41, 5.74) is 4.30. The van der Waals surface area contributed by atoms with Gasteiger partial charge in [0.25, 0.3) is 5.91 Å². The molecule has 2 N–H and O–H groups in total. The molecule has 0 heterocycles. The van der Waals surface area contributed by atoms with Gasteiger partial charge in [0.2, 0.25) is 0 Å². The number of anilines is 1. The van der Waals surface area contributed by atoms with Gasteiger partial charge in [0, 0.05) is 12.0 Å². The van der Waals surface area contributed by atoms with Crippen LogP contribution in [0.25, 0.3) is 0 Å². The number of aliphatic carboxylic acids is 1. The average Bonchev–Trinajstić information content (AvgIpc) is 2.87. The van der Waals surface area contributed by atoms with Crippen LogP contribution >= 0.6 is 0 Å². The third-order valence-corrected chi connectivity index (χ3v) is 6.12. The number of carboxylic acid groups (broad SMARTS) is 1. The van der Waals surface area contributed by atoms with Gasteiger partial charge in [-0.2, -0.15) is 0 Å². The van der Waals surface area contributed by atoms with Crippen LogP contribution in [0.3, 0.4) is 0 Å². The lowest BCUT2D eigenvalue weighted by Gasteiger charge is -2.16. The second-order valence-corrected chi connectivity index (χ2v) is 8.80. The lowest BCUT2D eigenvalue weighted by Crippen LogP contribution is -2.15. The number of hydrogen-bond donors (Lipinski definition) is 2. The van der Waals surface area contributed by atoms with E-state index in [4.69, 9.17) is 14.6 Å². The highest BCUT2D eigenvalue weighted by atomic mass is 16.5. The summed E-state index contributed by atoms with van der Waals surface area (Å²) < 4.78 is 11.7. The number of hydrogen-bond acceptors (Lipinski definition) is 4. The second kappa shape index (κ2) is 13.9. The smallest absolute Gasteiger partial charge is 0.303 e. The molecule has 36 heavy (non-hydrogen) atoms. The Balaban J connectivity index is 1.51. The van der Waals surface area contributed by atoms with Gasteiger partial charge in [-0.1, -0.05) is 42.5 Å². The highest BCUT2D eigenvalue weighted by molar-refractivity contribution is 6.06. The number of para-hydroxylation sites is 2. The van der Waals surface area contributed by atoms with Crippen molar-refractivity contribution >= 4 is 17.6 Å². The molecule has 0 radical (unpaired) electrons. The van der Waals surface area contributed by atoms with Crippen LogP contribution in [0.1, 0.15) is 59.2 Å². The Morgan fingerprint density at radius 1 is 0.750 bits per heavy atom. The first kappa shape index (κ1) is 26.8. The first-order valence-electron chi connectivity index (χ1n) is 12.5. The fraction of sp³-hybridized carbons (Fsp3) is 0.333. The molecule has 0 aliphatic carbocycles. The van der Waals surface area contributed by atoms with Gasteiger partial charge in [0.1, 0.15) is 11.5 Å². The van der Waals surface area contributed by atoms with E-state index in [0.29, 0.717) is 30.0 Å². The van der Waals surface area contributed by atoms with Crippen molar-refractivity contribution in [3.05, 3.63) is 89.0 Å². The van der Waals surface area contributed by atoms with Crippen LogP contribution in [0.15, 0.2) is 66.7 Å². The molecule has 6 nitrogen and oxygen atoms in total. The quantitative estimate of drug-likeness (QED) is 0.250. The van der Waals surface area contributed by atoms with E-state index in [1.807, 2.05) is 38.1 Å². The summed E-state index contributed by atoms with van der Waals surface area (Å²) in [6.07, 6.45) is 4.73. The zero-order valence-electron chi connectivity index (χ0n) is 21.1. The van der Waals surface area contributed by atoms with E-state index < -0.39 is 5.97 Å². The monoisotopic (exact) mass is 489 g/mol. The van der Waals surface area contributed by atoms with E-state index in [9.17, 15) is 9.59 Å². The molecule has 0 aliphatic heterocycles. The van der Waals surface area contributed by atoms with Crippen molar-refractivity contribution in [2.45, 2.75) is 52.4 Å². The van der Waals surface area contributed by atoms with Crippen molar-refractivity contribution in [3.63, 3.8) is 0 Å². The van der Waals surface area contributed by atoms with E-state index in [1.54, 1.807) is 18.2 Å². The first-order valence-corrected chi connectivity index (χ1v) is 12.5. The van der Waals surface area contributed by atoms with Crippen LogP contribution in [-0.2, 0) is 11.2 Å². The van der Waals surface area contributed by atoms with E-state index >= 15 is 0 Å². The van der Waals surface area contributed by atoms with Gasteiger partial charge in [0.15, 0.2) is 0 Å². The molecule has 3 rings (SSSR count). The van der Waals surface area contributed by atoms with E-state index in [2.05, 4.69) is 29.6 Å². The third kappa shape index (κ3) is 8.15. The minimum Gasteiger partial charge on any atom is -0.493 e. The Kier molecular flexibility index (Phi) is 10.4. The van der Waals surface area contributed by atoms with Crippen LogP contribution in [0.2, 0.25) is 0 Å². The summed E-state index contributed by atoms with van der Waals surface area (Å²) in [5.74, 6) is 0.221. The molecule has 0 saturated carbocycles. The number of rotatable bonds is 14. The predicted molar refractivity (Wildman–Crippen MR) is 142 cm³/mol. The zero-order chi connectivity index (χ0) is 25.8. The molecule has 190 valence electrons. The van der Waals surface area contributed by atoms with Crippen molar-refractivity contribution in [2.24, 2.45) is 0 Å². The van der Waals surface area contributed by atoms with Crippen LogP contribution in [0, 0.1) is 13.8 Å². The van der Waals surface area contributed by atoms with Crippen molar-refractivity contribution in [2.75, 3.05) is 18.5 Å². The number of amides is 1. The summed E-state index contributed by atoms with van der Waals surface area (Å²) in [6, 6.07) is 21.3. The Morgan fingerprint density at radius 2 is 1.44 bits per heavy atom. The van der Waals surface area contributed by atoms with Crippen LogP contribution < -0.4 is 14.8 Å². The molecule has 0 bridgehead atoms. The number of unbranched alkanes of at least 4 members (excludes halogenated alkanes) is 2. The van der Waals surface area contributed by atoms with E-state index in [0.717, 1.165) is 42.6 Å². The fourth-order valence-electron chi connectivity index (χ4n) is 3.92. The number of carbonyl (C=O) groups excluding carboxylic acids is 1. The van der Waals surface area contributed by atoms with Gasteiger partial charge in [-0.05, 0) is 86.9 Å². The number of carbonyl (C=O) groups is 2. The highest BCUT2D eigenvalue weighted by Gasteiger charge is 2.15. The van der Waals surface area contributed by atoms with E-state index in [1.165, 1.54) is 5.56 Å². The van der Waals surface area contributed by atoms with Gasteiger partial charge in [-0.25, -0.2) is 0 Å². The highest BCUT2D eigenvalue weighted by Crippen LogP contribution is 2.28. The normalized spacial score (nSPS) is 10.6. The Bertz CT molecular complexity index is 1140.